The van der Waals surface area contributed by atoms with Gasteiger partial charge in [0.15, 0.2) is 20.2 Å². The Bertz CT molecular complexity index is 745. The van der Waals surface area contributed by atoms with Crippen molar-refractivity contribution in [2.45, 2.75) is 137 Å². The van der Waals surface area contributed by atoms with Crippen molar-refractivity contribution < 1.29 is 19.1 Å². The number of ether oxygens (including phenoxy) is 2. The predicted molar refractivity (Wildman–Crippen MR) is 167 cm³/mol. The first kappa shape index (κ1) is 34.9. The van der Waals surface area contributed by atoms with E-state index in [2.05, 4.69) is 13.8 Å². The molecule has 0 radical (unpaired) electrons. The van der Waals surface area contributed by atoms with Crippen LogP contribution in [0.3, 0.4) is 0 Å². The summed E-state index contributed by atoms with van der Waals surface area (Å²) in [5, 5.41) is 0. The van der Waals surface area contributed by atoms with E-state index in [1.54, 1.807) is 14.2 Å². The molecule has 4 aliphatic rings. The van der Waals surface area contributed by atoms with Crippen LogP contribution in [0.15, 0.2) is 0 Å². The van der Waals surface area contributed by atoms with Crippen molar-refractivity contribution in [1.82, 2.24) is 0 Å². The van der Waals surface area contributed by atoms with Gasteiger partial charge in [-0.2, -0.15) is 0 Å². The Kier molecular flexibility index (Phi) is 13.9. The van der Waals surface area contributed by atoms with Crippen molar-refractivity contribution in [2.24, 2.45) is 35.5 Å². The minimum absolute atomic E-state index is 0.0472. The van der Waals surface area contributed by atoms with Crippen molar-refractivity contribution in [2.75, 3.05) is 14.2 Å². The van der Waals surface area contributed by atoms with Crippen molar-refractivity contribution in [3.05, 3.63) is 0 Å². The molecule has 0 amide bonds. The summed E-state index contributed by atoms with van der Waals surface area (Å²) in [6.07, 6.45) is 18.0. The maximum absolute atomic E-state index is 11.9. The molecule has 4 nitrogen and oxygen atoms in total. The van der Waals surface area contributed by atoms with Crippen molar-refractivity contribution >= 4 is 58.0 Å². The topological polar surface area (TPSA) is 52.6 Å². The molecule has 0 aromatic carbocycles. The number of carbonyl (C=O) groups excluding carboxylic acids is 2. The van der Waals surface area contributed by atoms with Crippen LogP contribution in [-0.2, 0) is 19.1 Å². The fourth-order valence-electron chi connectivity index (χ4n) is 8.29. The molecule has 0 heterocycles. The highest BCUT2D eigenvalue weighted by molar-refractivity contribution is 6.59. The summed E-state index contributed by atoms with van der Waals surface area (Å²) in [5.74, 6) is 2.42. The maximum Gasteiger partial charge on any atom is 0.179 e. The van der Waals surface area contributed by atoms with Gasteiger partial charge < -0.3 is 9.47 Å². The van der Waals surface area contributed by atoms with E-state index in [4.69, 9.17) is 55.9 Å². The summed E-state index contributed by atoms with van der Waals surface area (Å²) in [5.41, 5.74) is 0. The lowest BCUT2D eigenvalue weighted by Crippen LogP contribution is -2.31. The number of methoxy groups -OCH3 is 2. The van der Waals surface area contributed by atoms with E-state index in [1.807, 2.05) is 0 Å². The Morgan fingerprint density at radius 3 is 1.38 bits per heavy atom. The molecule has 4 fully saturated rings. The monoisotopic (exact) mass is 640 g/mol. The summed E-state index contributed by atoms with van der Waals surface area (Å²) < 4.78 is 8.59. The van der Waals surface area contributed by atoms with E-state index in [0.717, 1.165) is 51.4 Å². The zero-order valence-electron chi connectivity index (χ0n) is 25.1. The molecular formula is C32H52Cl4O4. The number of unbranched alkanes of at least 4 members (excludes halogenated alkanes) is 2. The molecule has 4 saturated carbocycles. The van der Waals surface area contributed by atoms with Gasteiger partial charge >= 0.3 is 0 Å². The molecule has 0 bridgehead atoms. The smallest absolute Gasteiger partial charge is 0.179 e. The van der Waals surface area contributed by atoms with Gasteiger partial charge in [-0.05, 0) is 75.0 Å². The quantitative estimate of drug-likeness (QED) is 0.140. The van der Waals surface area contributed by atoms with Gasteiger partial charge in [-0.25, -0.2) is 0 Å². The van der Waals surface area contributed by atoms with E-state index in [-0.39, 0.29) is 23.4 Å². The average Bonchev–Trinajstić information content (AvgIpc) is 3.63. The van der Waals surface area contributed by atoms with Crippen LogP contribution in [0.2, 0.25) is 0 Å². The highest BCUT2D eigenvalue weighted by Crippen LogP contribution is 2.58. The molecule has 8 atom stereocenters. The molecule has 0 saturated heterocycles. The molecule has 232 valence electrons. The Balaban J connectivity index is 0.000000220. The zero-order chi connectivity index (χ0) is 29.5. The molecule has 4 aliphatic carbocycles. The van der Waals surface area contributed by atoms with Crippen LogP contribution in [0.1, 0.15) is 117 Å². The van der Waals surface area contributed by atoms with Crippen molar-refractivity contribution in [1.29, 1.82) is 0 Å². The van der Waals surface area contributed by atoms with Crippen LogP contribution in [0.5, 0.6) is 0 Å². The second kappa shape index (κ2) is 15.9. The normalized spacial score (nSPS) is 33.4. The number of hydrogen-bond acceptors (Lipinski definition) is 4. The molecule has 0 N–H and O–H groups in total. The minimum Gasteiger partial charge on any atom is -0.381 e. The standard InChI is InChI=1S/2C16H26Cl2O2/c2*1-3-13(20-2)7-5-4-6-11-8-9-12-10-14(19)16(17,18)15(11)12/h2*11-13,15H,3-10H2,1-2H3. The third-order valence-corrected chi connectivity index (χ3v) is 12.5. The third-order valence-electron chi connectivity index (χ3n) is 10.6. The molecule has 0 aromatic heterocycles. The Morgan fingerprint density at radius 1 is 0.675 bits per heavy atom. The SMILES string of the molecule is CCC(CCCCC1CCC2CC(=O)C(Cl)(Cl)C12)OC.CCC(CCCCC1CCC2CC(=O)C(Cl)(Cl)C12)OC. The lowest BCUT2D eigenvalue weighted by atomic mass is 9.87. The van der Waals surface area contributed by atoms with Crippen molar-refractivity contribution in [3.8, 4) is 0 Å². The molecule has 0 spiro atoms. The van der Waals surface area contributed by atoms with E-state index < -0.39 is 8.67 Å². The third kappa shape index (κ3) is 8.32. The first-order chi connectivity index (χ1) is 19.0. The minimum atomic E-state index is -1.11. The summed E-state index contributed by atoms with van der Waals surface area (Å²) in [4.78, 5) is 23.7. The van der Waals surface area contributed by atoms with Gasteiger partial charge in [0, 0.05) is 38.9 Å². The number of fused-ring (bicyclic) bond motifs is 2. The Morgan fingerprint density at radius 2 is 1.05 bits per heavy atom. The van der Waals surface area contributed by atoms with Gasteiger partial charge in [0.2, 0.25) is 0 Å². The predicted octanol–water partition coefficient (Wildman–Crippen LogP) is 9.52. The van der Waals surface area contributed by atoms with E-state index in [0.29, 0.717) is 48.7 Å². The highest BCUT2D eigenvalue weighted by Gasteiger charge is 2.58. The van der Waals surface area contributed by atoms with E-state index in [9.17, 15) is 9.59 Å². The molecule has 0 aliphatic heterocycles. The van der Waals surface area contributed by atoms with Gasteiger partial charge in [-0.15, -0.1) is 0 Å². The largest absolute Gasteiger partial charge is 0.381 e. The number of Topliss-reactive ketones (excluding diaryl/α,β-unsaturated/α-hetero) is 2. The van der Waals surface area contributed by atoms with Crippen LogP contribution in [0.4, 0.5) is 0 Å². The molecule has 0 aromatic rings. The van der Waals surface area contributed by atoms with Gasteiger partial charge in [-0.1, -0.05) is 98.8 Å². The number of halogens is 4. The number of rotatable bonds is 14. The summed E-state index contributed by atoms with van der Waals surface area (Å²) in [6.45, 7) is 4.32. The zero-order valence-corrected chi connectivity index (χ0v) is 28.1. The molecule has 4 rings (SSSR count). The molecular weight excluding hydrogens is 590 g/mol. The van der Waals surface area contributed by atoms with Gasteiger partial charge in [-0.3, -0.25) is 9.59 Å². The summed E-state index contributed by atoms with van der Waals surface area (Å²) in [7, 11) is 3.57. The van der Waals surface area contributed by atoms with Gasteiger partial charge in [0.05, 0.1) is 12.2 Å². The molecule has 8 unspecified atom stereocenters. The van der Waals surface area contributed by atoms with Crippen LogP contribution in [0, 0.1) is 35.5 Å². The Hall–Kier alpha value is 0.420. The summed E-state index contributed by atoms with van der Waals surface area (Å²) in [6, 6.07) is 0. The average molecular weight is 643 g/mol. The highest BCUT2D eigenvalue weighted by atomic mass is 35.5. The van der Waals surface area contributed by atoms with E-state index >= 15 is 0 Å². The van der Waals surface area contributed by atoms with Crippen LogP contribution < -0.4 is 0 Å². The van der Waals surface area contributed by atoms with Crippen molar-refractivity contribution in [3.63, 3.8) is 0 Å². The van der Waals surface area contributed by atoms with Gasteiger partial charge in [0.1, 0.15) is 0 Å². The number of hydrogen-bond donors (Lipinski definition) is 0. The molecule has 40 heavy (non-hydrogen) atoms. The number of carbonyl (C=O) groups is 2. The second-order valence-electron chi connectivity index (χ2n) is 12.8. The lowest BCUT2D eigenvalue weighted by molar-refractivity contribution is -0.119. The first-order valence-electron chi connectivity index (χ1n) is 15.9. The van der Waals surface area contributed by atoms with Crippen LogP contribution in [0.25, 0.3) is 0 Å². The first-order valence-corrected chi connectivity index (χ1v) is 17.4. The maximum atomic E-state index is 11.9. The lowest BCUT2D eigenvalue weighted by Gasteiger charge is -2.26. The fraction of sp³-hybridized carbons (Fsp3) is 0.938. The molecule has 8 heteroatoms. The fourth-order valence-corrected chi connectivity index (χ4v) is 10.0. The number of ketones is 2. The number of alkyl halides is 4. The van der Waals surface area contributed by atoms with Gasteiger partial charge in [0.25, 0.3) is 0 Å². The van der Waals surface area contributed by atoms with Crippen LogP contribution in [-0.4, -0.2) is 46.7 Å². The second-order valence-corrected chi connectivity index (χ2v) is 15.6. The summed E-state index contributed by atoms with van der Waals surface area (Å²) >= 11 is 25.3. The Labute approximate surface area is 263 Å². The van der Waals surface area contributed by atoms with E-state index in [1.165, 1.54) is 38.5 Å². The van der Waals surface area contributed by atoms with Crippen LogP contribution >= 0.6 is 46.4 Å².